The quantitative estimate of drug-likeness (QED) is 0.701. The van der Waals surface area contributed by atoms with Crippen LogP contribution in [0.15, 0.2) is 18.2 Å². The van der Waals surface area contributed by atoms with E-state index in [0.29, 0.717) is 12.5 Å². The van der Waals surface area contributed by atoms with Crippen LogP contribution in [0.25, 0.3) is 0 Å². The molecule has 0 heterocycles. The molecule has 1 aromatic rings. The molecule has 3 nitrogen and oxygen atoms in total. The number of hydroxylamine groups is 1. The van der Waals surface area contributed by atoms with E-state index in [1.54, 1.807) is 6.92 Å². The molecule has 1 aromatic carbocycles. The maximum atomic E-state index is 12.0. The lowest BCUT2D eigenvalue weighted by atomic mass is 10.0. The second kappa shape index (κ2) is 8.05. The van der Waals surface area contributed by atoms with E-state index in [1.807, 2.05) is 6.07 Å². The predicted octanol–water partition coefficient (Wildman–Crippen LogP) is 4.14. The highest BCUT2D eigenvalue weighted by molar-refractivity contribution is 5.91. The van der Waals surface area contributed by atoms with Crippen LogP contribution in [0.2, 0.25) is 0 Å². The average Bonchev–Trinajstić information content (AvgIpc) is 2.46. The molecule has 0 fully saturated rings. The highest BCUT2D eigenvalue weighted by Crippen LogP contribution is 2.28. The number of rotatable bonds is 7. The van der Waals surface area contributed by atoms with Crippen LogP contribution in [0.1, 0.15) is 52.2 Å². The number of anilines is 1. The largest absolute Gasteiger partial charge is 0.273 e. The molecule has 0 N–H and O–H groups in total. The molecule has 1 unspecified atom stereocenters. The Labute approximate surface area is 122 Å². The predicted molar refractivity (Wildman–Crippen MR) is 83.8 cm³/mol. The van der Waals surface area contributed by atoms with Gasteiger partial charge in [-0.25, -0.2) is 0 Å². The van der Waals surface area contributed by atoms with Crippen molar-refractivity contribution in [3.8, 4) is 0 Å². The Morgan fingerprint density at radius 2 is 1.75 bits per heavy atom. The first-order valence-corrected chi connectivity index (χ1v) is 7.59. The number of hydrogen-bond acceptors (Lipinski definition) is 2. The van der Waals surface area contributed by atoms with E-state index in [9.17, 15) is 4.79 Å². The summed E-state index contributed by atoms with van der Waals surface area (Å²) in [7, 11) is 0. The maximum Gasteiger partial charge on any atom is 0.247 e. The zero-order chi connectivity index (χ0) is 15.1. The second-order valence-corrected chi connectivity index (χ2v) is 5.25. The maximum absolute atomic E-state index is 12.0. The molecule has 1 amide bonds. The normalized spacial score (nSPS) is 12.2. The fraction of sp³-hybridized carbons (Fsp3) is 0.588. The number of aryl methyl sites for hydroxylation is 2. The molecular formula is C17H27NO2. The van der Waals surface area contributed by atoms with Gasteiger partial charge in [-0.1, -0.05) is 52.3 Å². The van der Waals surface area contributed by atoms with E-state index in [1.165, 1.54) is 5.06 Å². The summed E-state index contributed by atoms with van der Waals surface area (Å²) in [6, 6.07) is 6.18. The number of benzene rings is 1. The third-order valence-corrected chi connectivity index (χ3v) is 3.64. The minimum absolute atomic E-state index is 0.0658. The minimum atomic E-state index is -0.0658. The van der Waals surface area contributed by atoms with Crippen LogP contribution >= 0.6 is 0 Å². The molecule has 0 spiro atoms. The van der Waals surface area contributed by atoms with Gasteiger partial charge in [-0.15, -0.1) is 0 Å². The Hall–Kier alpha value is -1.35. The highest BCUT2D eigenvalue weighted by Gasteiger charge is 2.19. The molecule has 0 saturated carbocycles. The molecule has 0 aliphatic rings. The fourth-order valence-corrected chi connectivity index (χ4v) is 2.11. The SMILES string of the molecule is CCc1cccc(CC)c1N(OCC(C)CC)C(C)=O. The zero-order valence-electron chi connectivity index (χ0n) is 13.4. The smallest absolute Gasteiger partial charge is 0.247 e. The lowest BCUT2D eigenvalue weighted by Crippen LogP contribution is -2.32. The summed E-state index contributed by atoms with van der Waals surface area (Å²) in [5, 5.41) is 1.49. The van der Waals surface area contributed by atoms with Gasteiger partial charge in [-0.3, -0.25) is 9.63 Å². The van der Waals surface area contributed by atoms with Gasteiger partial charge in [-0.2, -0.15) is 5.06 Å². The number of carbonyl (C=O) groups is 1. The number of carbonyl (C=O) groups excluding carboxylic acids is 1. The number of nitrogens with zero attached hydrogens (tertiary/aromatic N) is 1. The van der Waals surface area contributed by atoms with Crippen LogP contribution in [0.3, 0.4) is 0 Å². The molecule has 0 aromatic heterocycles. The van der Waals surface area contributed by atoms with Crippen LogP contribution in [0, 0.1) is 5.92 Å². The topological polar surface area (TPSA) is 29.5 Å². The molecule has 1 rings (SSSR count). The Bertz CT molecular complexity index is 420. The summed E-state index contributed by atoms with van der Waals surface area (Å²) in [5.41, 5.74) is 3.25. The Kier molecular flexibility index (Phi) is 6.73. The molecule has 3 heteroatoms. The first kappa shape index (κ1) is 16.7. The van der Waals surface area contributed by atoms with E-state index >= 15 is 0 Å². The molecule has 112 valence electrons. The van der Waals surface area contributed by atoms with Crippen LogP contribution in [-0.2, 0) is 22.5 Å². The van der Waals surface area contributed by atoms with Crippen LogP contribution in [0.5, 0.6) is 0 Å². The molecule has 0 bridgehead atoms. The summed E-state index contributed by atoms with van der Waals surface area (Å²) in [4.78, 5) is 17.8. The van der Waals surface area contributed by atoms with Crippen molar-refractivity contribution in [1.29, 1.82) is 0 Å². The van der Waals surface area contributed by atoms with Crippen molar-refractivity contribution in [2.24, 2.45) is 5.92 Å². The van der Waals surface area contributed by atoms with Crippen molar-refractivity contribution in [1.82, 2.24) is 0 Å². The summed E-state index contributed by atoms with van der Waals surface area (Å²) >= 11 is 0. The third kappa shape index (κ3) is 4.07. The molecule has 1 atom stereocenters. The van der Waals surface area contributed by atoms with Gasteiger partial charge in [0.05, 0.1) is 12.3 Å². The van der Waals surface area contributed by atoms with Gasteiger partial charge in [0.25, 0.3) is 0 Å². The van der Waals surface area contributed by atoms with Crippen molar-refractivity contribution in [3.63, 3.8) is 0 Å². The van der Waals surface area contributed by atoms with Crippen LogP contribution in [-0.4, -0.2) is 12.5 Å². The van der Waals surface area contributed by atoms with E-state index in [4.69, 9.17) is 4.84 Å². The van der Waals surface area contributed by atoms with E-state index in [0.717, 1.165) is 36.1 Å². The van der Waals surface area contributed by atoms with Gasteiger partial charge < -0.3 is 0 Å². The zero-order valence-corrected chi connectivity index (χ0v) is 13.4. The van der Waals surface area contributed by atoms with E-state index in [2.05, 4.69) is 39.8 Å². The lowest BCUT2D eigenvalue weighted by molar-refractivity contribution is -0.124. The Balaban J connectivity index is 3.10. The summed E-state index contributed by atoms with van der Waals surface area (Å²) < 4.78 is 0. The number of amides is 1. The van der Waals surface area contributed by atoms with E-state index < -0.39 is 0 Å². The summed E-state index contributed by atoms with van der Waals surface area (Å²) in [6.07, 6.45) is 2.82. The number of hydrogen-bond donors (Lipinski definition) is 0. The third-order valence-electron chi connectivity index (χ3n) is 3.64. The summed E-state index contributed by atoms with van der Waals surface area (Å²) in [6.45, 7) is 10.6. The Morgan fingerprint density at radius 1 is 1.20 bits per heavy atom. The van der Waals surface area contributed by atoms with Gasteiger partial charge in [0.2, 0.25) is 5.91 Å². The second-order valence-electron chi connectivity index (χ2n) is 5.25. The van der Waals surface area contributed by atoms with Crippen molar-refractivity contribution < 1.29 is 9.63 Å². The van der Waals surface area contributed by atoms with Gasteiger partial charge in [0, 0.05) is 6.92 Å². The Morgan fingerprint density at radius 3 is 2.15 bits per heavy atom. The minimum Gasteiger partial charge on any atom is -0.273 e. The van der Waals surface area contributed by atoms with Crippen LogP contribution in [0.4, 0.5) is 5.69 Å². The van der Waals surface area contributed by atoms with Crippen molar-refractivity contribution >= 4 is 11.6 Å². The first-order valence-electron chi connectivity index (χ1n) is 7.59. The van der Waals surface area contributed by atoms with Crippen LogP contribution < -0.4 is 5.06 Å². The van der Waals surface area contributed by atoms with Crippen molar-refractivity contribution in [3.05, 3.63) is 29.3 Å². The lowest BCUT2D eigenvalue weighted by Gasteiger charge is -2.26. The number of para-hydroxylation sites is 1. The molecule has 0 radical (unpaired) electrons. The molecule has 0 aliphatic carbocycles. The molecule has 20 heavy (non-hydrogen) atoms. The fourth-order valence-electron chi connectivity index (χ4n) is 2.11. The molecular weight excluding hydrogens is 250 g/mol. The average molecular weight is 277 g/mol. The van der Waals surface area contributed by atoms with Gasteiger partial charge in [0.1, 0.15) is 0 Å². The van der Waals surface area contributed by atoms with Gasteiger partial charge in [0.15, 0.2) is 0 Å². The standard InChI is InChI=1S/C17H27NO2/c1-6-13(4)12-20-18(14(5)19)17-15(7-2)10-9-11-16(17)8-3/h9-11,13H,6-8,12H2,1-5H3. The summed E-state index contributed by atoms with van der Waals surface area (Å²) in [5.74, 6) is 0.375. The monoisotopic (exact) mass is 277 g/mol. The highest BCUT2D eigenvalue weighted by atomic mass is 16.7. The van der Waals surface area contributed by atoms with E-state index in [-0.39, 0.29) is 5.91 Å². The molecule has 0 saturated heterocycles. The van der Waals surface area contributed by atoms with Crippen molar-refractivity contribution in [2.75, 3.05) is 11.7 Å². The molecule has 0 aliphatic heterocycles. The van der Waals surface area contributed by atoms with Gasteiger partial charge in [-0.05, 0) is 29.9 Å². The first-order chi connectivity index (χ1) is 9.54. The van der Waals surface area contributed by atoms with Crippen molar-refractivity contribution in [2.45, 2.75) is 53.9 Å². The van der Waals surface area contributed by atoms with Gasteiger partial charge >= 0.3 is 0 Å².